The molecule has 0 radical (unpaired) electrons. The number of halogens is 3. The van der Waals surface area contributed by atoms with Gasteiger partial charge in [-0.05, 0) is 44.0 Å². The summed E-state index contributed by atoms with van der Waals surface area (Å²) in [7, 11) is -5.66. The molecule has 2 unspecified atom stereocenters. The quantitative estimate of drug-likeness (QED) is 0.666. The third-order valence-electron chi connectivity index (χ3n) is 1.27. The summed E-state index contributed by atoms with van der Waals surface area (Å²) in [4.78, 5) is 8.38. The van der Waals surface area contributed by atoms with Gasteiger partial charge in [-0.1, -0.05) is 15.9 Å². The molecule has 1 aromatic carbocycles. The van der Waals surface area contributed by atoms with Crippen molar-refractivity contribution in [3.8, 4) is 5.75 Å². The van der Waals surface area contributed by atoms with Crippen molar-refractivity contribution < 1.29 is 22.9 Å². The molecular weight excluding hydrogens is 454 g/mol. The SMILES string of the molecule is O=[P+](O)O[P+](=O)Oc1c(Br)cc(Br)cc1Br. The second-order valence-corrected chi connectivity index (χ2v) is 6.72. The van der Waals surface area contributed by atoms with Crippen LogP contribution in [0, 0.1) is 0 Å². The van der Waals surface area contributed by atoms with Crippen LogP contribution >= 0.6 is 64.3 Å². The van der Waals surface area contributed by atoms with Gasteiger partial charge in [0.05, 0.1) is 8.95 Å². The molecule has 0 aliphatic carbocycles. The van der Waals surface area contributed by atoms with Crippen LogP contribution in [0.1, 0.15) is 0 Å². The van der Waals surface area contributed by atoms with E-state index in [0.717, 1.165) is 4.47 Å². The van der Waals surface area contributed by atoms with Gasteiger partial charge in [0.2, 0.25) is 5.75 Å². The van der Waals surface area contributed by atoms with Gasteiger partial charge < -0.3 is 0 Å². The van der Waals surface area contributed by atoms with Crippen LogP contribution in [0.15, 0.2) is 25.6 Å². The molecule has 5 nitrogen and oxygen atoms in total. The topological polar surface area (TPSA) is 72.8 Å². The molecule has 0 amide bonds. The molecule has 1 N–H and O–H groups in total. The van der Waals surface area contributed by atoms with Crippen molar-refractivity contribution >= 4 is 64.3 Å². The predicted molar refractivity (Wildman–Crippen MR) is 68.7 cm³/mol. The fourth-order valence-corrected chi connectivity index (χ4v) is 4.37. The van der Waals surface area contributed by atoms with Gasteiger partial charge in [0.25, 0.3) is 0 Å². The van der Waals surface area contributed by atoms with E-state index in [-0.39, 0.29) is 5.75 Å². The minimum atomic E-state index is -2.96. The lowest BCUT2D eigenvalue weighted by Crippen LogP contribution is -1.85. The molecule has 0 heterocycles. The summed E-state index contributed by atoms with van der Waals surface area (Å²) < 4.78 is 32.2. The van der Waals surface area contributed by atoms with Gasteiger partial charge in [0.15, 0.2) is 4.31 Å². The third kappa shape index (κ3) is 4.45. The van der Waals surface area contributed by atoms with Crippen molar-refractivity contribution in [3.05, 3.63) is 25.6 Å². The van der Waals surface area contributed by atoms with Crippen LogP contribution in [0.25, 0.3) is 0 Å². The highest BCUT2D eigenvalue weighted by Crippen LogP contribution is 2.44. The molecule has 0 aromatic heterocycles. The summed E-state index contributed by atoms with van der Waals surface area (Å²) in [6.07, 6.45) is 0. The smallest absolute Gasteiger partial charge is 0.224 e. The molecule has 0 spiro atoms. The van der Waals surface area contributed by atoms with Gasteiger partial charge >= 0.3 is 16.5 Å². The minimum Gasteiger partial charge on any atom is -0.224 e. The van der Waals surface area contributed by atoms with Crippen molar-refractivity contribution in [2.75, 3.05) is 0 Å². The Bertz CT molecular complexity index is 429. The fourth-order valence-electron chi connectivity index (χ4n) is 0.764. The molecule has 10 heteroatoms. The maximum atomic E-state index is 11.1. The Kier molecular flexibility index (Phi) is 5.94. The highest BCUT2D eigenvalue weighted by Gasteiger charge is 2.39. The molecule has 0 aliphatic heterocycles. The molecule has 0 aliphatic rings. The Hall–Kier alpha value is 0.580. The molecule has 16 heavy (non-hydrogen) atoms. The van der Waals surface area contributed by atoms with Crippen molar-refractivity contribution in [2.24, 2.45) is 0 Å². The zero-order valence-corrected chi connectivity index (χ0v) is 13.8. The molecule has 2 atom stereocenters. The summed E-state index contributed by atoms with van der Waals surface area (Å²) in [5.74, 6) is 0.223. The van der Waals surface area contributed by atoms with E-state index in [1.165, 1.54) is 0 Å². The predicted octanol–water partition coefficient (Wildman–Crippen LogP) is 4.68. The van der Waals surface area contributed by atoms with Gasteiger partial charge in [0, 0.05) is 13.6 Å². The lowest BCUT2D eigenvalue weighted by Gasteiger charge is -2.00. The maximum absolute atomic E-state index is 11.1. The zero-order chi connectivity index (χ0) is 12.3. The summed E-state index contributed by atoms with van der Waals surface area (Å²) in [6, 6.07) is 3.34. The third-order valence-corrected chi connectivity index (χ3v) is 4.33. The van der Waals surface area contributed by atoms with Crippen molar-refractivity contribution in [1.82, 2.24) is 0 Å². The average Bonchev–Trinajstić information content (AvgIpc) is 2.09. The zero-order valence-electron chi connectivity index (χ0n) is 7.26. The molecule has 1 rings (SSSR count). The fraction of sp³-hybridized carbons (Fsp3) is 0. The van der Waals surface area contributed by atoms with Gasteiger partial charge in [-0.2, -0.15) is 0 Å². The van der Waals surface area contributed by atoms with E-state index in [1.54, 1.807) is 12.1 Å². The van der Waals surface area contributed by atoms with Crippen molar-refractivity contribution in [3.63, 3.8) is 0 Å². The van der Waals surface area contributed by atoms with Gasteiger partial charge in [-0.3, -0.25) is 0 Å². The molecule has 0 saturated heterocycles. The van der Waals surface area contributed by atoms with Crippen LogP contribution in [0.2, 0.25) is 0 Å². The monoisotopic (exact) mass is 454 g/mol. The molecule has 0 fully saturated rings. The Morgan fingerprint density at radius 1 is 1.12 bits per heavy atom. The number of hydrogen-bond donors (Lipinski definition) is 1. The lowest BCUT2D eigenvalue weighted by molar-refractivity contribution is 0.374. The Morgan fingerprint density at radius 3 is 2.06 bits per heavy atom. The van der Waals surface area contributed by atoms with Crippen LogP contribution < -0.4 is 4.52 Å². The van der Waals surface area contributed by atoms with E-state index in [4.69, 9.17) is 9.42 Å². The highest BCUT2D eigenvalue weighted by molar-refractivity contribution is 9.11. The Labute approximate surface area is 118 Å². The van der Waals surface area contributed by atoms with E-state index in [2.05, 4.69) is 52.1 Å². The molecule has 0 bridgehead atoms. The lowest BCUT2D eigenvalue weighted by atomic mass is 10.3. The maximum Gasteiger partial charge on any atom is 0.800 e. The van der Waals surface area contributed by atoms with Gasteiger partial charge in [-0.15, -0.1) is 4.89 Å². The first-order valence-corrected chi connectivity index (χ1v) is 8.14. The molecule has 86 valence electrons. The van der Waals surface area contributed by atoms with E-state index in [0.29, 0.717) is 8.95 Å². The standard InChI is InChI=1S/C6H2Br3O5P2/c7-3-1-4(8)6(5(9)2-3)13-16(12)14-15(10)11/h1-2H/q+1/p+1. The summed E-state index contributed by atoms with van der Waals surface area (Å²) in [6.45, 7) is 0. The molecule has 0 saturated carbocycles. The van der Waals surface area contributed by atoms with E-state index in [1.807, 2.05) is 0 Å². The van der Waals surface area contributed by atoms with Crippen molar-refractivity contribution in [1.29, 1.82) is 0 Å². The van der Waals surface area contributed by atoms with Gasteiger partial charge in [-0.25, -0.2) is 4.52 Å². The number of benzene rings is 1. The summed E-state index contributed by atoms with van der Waals surface area (Å²) in [5.41, 5.74) is 0. The average molecular weight is 457 g/mol. The van der Waals surface area contributed by atoms with Crippen LogP contribution in [0.4, 0.5) is 0 Å². The Balaban J connectivity index is 2.89. The van der Waals surface area contributed by atoms with Crippen molar-refractivity contribution in [2.45, 2.75) is 0 Å². The first-order chi connectivity index (χ1) is 7.40. The molecular formula is C6H3Br3O5P2+2. The number of rotatable bonds is 4. The van der Waals surface area contributed by atoms with Crippen LogP contribution in [-0.4, -0.2) is 4.89 Å². The largest absolute Gasteiger partial charge is 0.800 e. The van der Waals surface area contributed by atoms with E-state index < -0.39 is 16.5 Å². The second kappa shape index (κ2) is 6.50. The first kappa shape index (κ1) is 14.6. The van der Waals surface area contributed by atoms with Crippen LogP contribution in [0.3, 0.4) is 0 Å². The first-order valence-electron chi connectivity index (χ1n) is 3.54. The van der Waals surface area contributed by atoms with Crippen LogP contribution in [-0.2, 0) is 13.4 Å². The van der Waals surface area contributed by atoms with Gasteiger partial charge in [0.1, 0.15) is 0 Å². The summed E-state index contributed by atoms with van der Waals surface area (Å²) >= 11 is 9.62. The Morgan fingerprint density at radius 2 is 1.62 bits per heavy atom. The minimum absolute atomic E-state index is 0.223. The molecule has 1 aromatic rings. The highest BCUT2D eigenvalue weighted by atomic mass is 79.9. The van der Waals surface area contributed by atoms with E-state index >= 15 is 0 Å². The number of hydrogen-bond acceptors (Lipinski definition) is 4. The van der Waals surface area contributed by atoms with E-state index in [9.17, 15) is 9.13 Å². The normalized spacial score (nSPS) is 12.2. The van der Waals surface area contributed by atoms with Crippen LogP contribution in [0.5, 0.6) is 5.75 Å². The second-order valence-electron chi connectivity index (χ2n) is 2.33. The summed E-state index contributed by atoms with van der Waals surface area (Å²) in [5, 5.41) is 0.